The first-order valence-electron chi connectivity index (χ1n) is 8.78. The molecular formula is C19H23ClN2O5. The van der Waals surface area contributed by atoms with Crippen LogP contribution >= 0.6 is 11.6 Å². The van der Waals surface area contributed by atoms with Crippen LogP contribution in [-0.2, 0) is 19.1 Å². The van der Waals surface area contributed by atoms with E-state index in [2.05, 4.69) is 10.6 Å². The molecule has 1 heterocycles. The molecule has 1 aliphatic heterocycles. The van der Waals surface area contributed by atoms with Crippen molar-refractivity contribution in [2.24, 2.45) is 5.92 Å². The molecule has 2 rings (SSSR count). The zero-order valence-electron chi connectivity index (χ0n) is 15.1. The van der Waals surface area contributed by atoms with E-state index in [0.717, 1.165) is 0 Å². The maximum absolute atomic E-state index is 12.2. The van der Waals surface area contributed by atoms with E-state index in [1.54, 1.807) is 37.3 Å². The van der Waals surface area contributed by atoms with E-state index in [1.165, 1.54) is 6.08 Å². The summed E-state index contributed by atoms with van der Waals surface area (Å²) in [5.74, 6) is -0.647. The monoisotopic (exact) mass is 394 g/mol. The minimum Gasteiger partial charge on any atom is -0.484 e. The zero-order valence-corrected chi connectivity index (χ0v) is 15.8. The van der Waals surface area contributed by atoms with Crippen molar-refractivity contribution in [2.75, 3.05) is 19.8 Å². The molecule has 27 heavy (non-hydrogen) atoms. The number of halogens is 1. The average molecular weight is 395 g/mol. The number of ether oxygens (including phenoxy) is 2. The zero-order chi connectivity index (χ0) is 19.6. The fraction of sp³-hybridized carbons (Fsp3) is 0.421. The van der Waals surface area contributed by atoms with Crippen molar-refractivity contribution in [1.29, 1.82) is 0 Å². The Balaban J connectivity index is 1.93. The van der Waals surface area contributed by atoms with E-state index in [4.69, 9.17) is 21.1 Å². The Morgan fingerprint density at radius 1 is 1.44 bits per heavy atom. The van der Waals surface area contributed by atoms with Gasteiger partial charge in [0.25, 0.3) is 5.91 Å². The number of nitrogens with one attached hydrogen (secondary N) is 2. The molecule has 0 radical (unpaired) electrons. The van der Waals surface area contributed by atoms with E-state index in [-0.39, 0.29) is 30.9 Å². The summed E-state index contributed by atoms with van der Waals surface area (Å²) in [6, 6.07) is 6.24. The summed E-state index contributed by atoms with van der Waals surface area (Å²) in [5, 5.41) is 6.05. The third-order valence-corrected chi connectivity index (χ3v) is 4.20. The molecule has 1 unspecified atom stereocenters. The fourth-order valence-corrected chi connectivity index (χ4v) is 2.88. The Hall–Kier alpha value is -2.54. The third-order valence-electron chi connectivity index (χ3n) is 3.96. The van der Waals surface area contributed by atoms with Crippen LogP contribution in [0.5, 0.6) is 5.75 Å². The number of esters is 1. The standard InChI is InChI=1S/C19H23ClN2O5/c1-2-26-18(24)7-6-15(10-13-8-9-21-19(13)25)22-17(23)12-27-16-5-3-4-14(20)11-16/h3-7,11,13,15H,2,8-10,12H2,1H3,(H,21,25)(H,22,23)/b7-6+/t13?,15-/m1/s1. The number of benzene rings is 1. The lowest BCUT2D eigenvalue weighted by molar-refractivity contribution is -0.137. The predicted molar refractivity (Wildman–Crippen MR) is 100 cm³/mol. The third kappa shape index (κ3) is 7.30. The molecular weight excluding hydrogens is 372 g/mol. The molecule has 1 fully saturated rings. The molecule has 0 saturated carbocycles. The van der Waals surface area contributed by atoms with Crippen LogP contribution in [0.1, 0.15) is 19.8 Å². The number of carbonyl (C=O) groups is 3. The van der Waals surface area contributed by atoms with Crippen LogP contribution in [0.25, 0.3) is 0 Å². The van der Waals surface area contributed by atoms with Gasteiger partial charge in [-0.2, -0.15) is 0 Å². The SMILES string of the molecule is CCOC(=O)/C=C/[C@H](CC1CCNC1=O)NC(=O)COc1cccc(Cl)c1. The van der Waals surface area contributed by atoms with Crippen LogP contribution in [0.3, 0.4) is 0 Å². The molecule has 146 valence electrons. The van der Waals surface area contributed by atoms with Crippen LogP contribution in [0.4, 0.5) is 0 Å². The van der Waals surface area contributed by atoms with Gasteiger partial charge in [-0.05, 0) is 38.0 Å². The number of rotatable bonds is 9. The van der Waals surface area contributed by atoms with Crippen molar-refractivity contribution in [1.82, 2.24) is 10.6 Å². The molecule has 1 aromatic rings. The quantitative estimate of drug-likeness (QED) is 0.492. The molecule has 0 aliphatic carbocycles. The van der Waals surface area contributed by atoms with E-state index >= 15 is 0 Å². The molecule has 8 heteroatoms. The summed E-state index contributed by atoms with van der Waals surface area (Å²) in [4.78, 5) is 35.6. The molecule has 1 saturated heterocycles. The Labute approximate surface area is 163 Å². The second-order valence-corrected chi connectivity index (χ2v) is 6.48. The Morgan fingerprint density at radius 2 is 2.26 bits per heavy atom. The summed E-state index contributed by atoms with van der Waals surface area (Å²) < 4.78 is 10.3. The van der Waals surface area contributed by atoms with Gasteiger partial charge in [-0.15, -0.1) is 0 Å². The molecule has 0 bridgehead atoms. The van der Waals surface area contributed by atoms with Crippen LogP contribution in [0.15, 0.2) is 36.4 Å². The predicted octanol–water partition coefficient (Wildman–Crippen LogP) is 1.85. The second kappa shape index (κ2) is 10.6. The van der Waals surface area contributed by atoms with Crippen molar-refractivity contribution >= 4 is 29.4 Å². The van der Waals surface area contributed by atoms with Crippen LogP contribution in [0, 0.1) is 5.92 Å². The summed E-state index contributed by atoms with van der Waals surface area (Å²) in [7, 11) is 0. The first-order chi connectivity index (χ1) is 13.0. The number of hydrogen-bond acceptors (Lipinski definition) is 5. The highest BCUT2D eigenvalue weighted by Gasteiger charge is 2.27. The number of hydrogen-bond donors (Lipinski definition) is 2. The van der Waals surface area contributed by atoms with E-state index in [9.17, 15) is 14.4 Å². The van der Waals surface area contributed by atoms with Gasteiger partial charge < -0.3 is 20.1 Å². The highest BCUT2D eigenvalue weighted by molar-refractivity contribution is 6.30. The Kier molecular flexibility index (Phi) is 8.13. The fourth-order valence-electron chi connectivity index (χ4n) is 2.70. The lowest BCUT2D eigenvalue weighted by Crippen LogP contribution is -2.39. The van der Waals surface area contributed by atoms with Crippen molar-refractivity contribution in [2.45, 2.75) is 25.8 Å². The maximum atomic E-state index is 12.2. The number of carbonyl (C=O) groups excluding carboxylic acids is 3. The van der Waals surface area contributed by atoms with E-state index < -0.39 is 12.0 Å². The molecule has 1 aromatic carbocycles. The molecule has 0 spiro atoms. The lowest BCUT2D eigenvalue weighted by Gasteiger charge is -2.18. The Morgan fingerprint density at radius 3 is 2.93 bits per heavy atom. The molecule has 0 aromatic heterocycles. The van der Waals surface area contributed by atoms with Gasteiger partial charge in [-0.25, -0.2) is 4.79 Å². The summed E-state index contributed by atoms with van der Waals surface area (Å²) in [5.41, 5.74) is 0. The summed E-state index contributed by atoms with van der Waals surface area (Å²) in [6.07, 6.45) is 3.89. The van der Waals surface area contributed by atoms with Crippen molar-refractivity contribution < 1.29 is 23.9 Å². The summed E-state index contributed by atoms with van der Waals surface area (Å²) in [6.45, 7) is 2.38. The van der Waals surface area contributed by atoms with Gasteiger partial charge in [-0.1, -0.05) is 23.7 Å². The smallest absolute Gasteiger partial charge is 0.330 e. The first kappa shape index (κ1) is 20.8. The maximum Gasteiger partial charge on any atom is 0.330 e. The largest absolute Gasteiger partial charge is 0.484 e. The second-order valence-electron chi connectivity index (χ2n) is 6.04. The molecule has 1 aliphatic rings. The minimum absolute atomic E-state index is 0.0473. The highest BCUT2D eigenvalue weighted by Crippen LogP contribution is 2.18. The van der Waals surface area contributed by atoms with E-state index in [0.29, 0.717) is 30.2 Å². The van der Waals surface area contributed by atoms with Crippen LogP contribution in [-0.4, -0.2) is 43.6 Å². The highest BCUT2D eigenvalue weighted by atomic mass is 35.5. The molecule has 2 N–H and O–H groups in total. The molecule has 7 nitrogen and oxygen atoms in total. The van der Waals surface area contributed by atoms with Crippen LogP contribution < -0.4 is 15.4 Å². The van der Waals surface area contributed by atoms with Gasteiger partial charge in [0.1, 0.15) is 5.75 Å². The van der Waals surface area contributed by atoms with Crippen molar-refractivity contribution in [3.8, 4) is 5.75 Å². The van der Waals surface area contributed by atoms with Crippen molar-refractivity contribution in [3.63, 3.8) is 0 Å². The minimum atomic E-state index is -0.497. The topological polar surface area (TPSA) is 93.7 Å². The van der Waals surface area contributed by atoms with E-state index in [1.807, 2.05) is 0 Å². The van der Waals surface area contributed by atoms with Gasteiger partial charge >= 0.3 is 5.97 Å². The van der Waals surface area contributed by atoms with Crippen molar-refractivity contribution in [3.05, 3.63) is 41.4 Å². The van der Waals surface area contributed by atoms with Gasteiger partial charge in [0.15, 0.2) is 6.61 Å². The van der Waals surface area contributed by atoms with Gasteiger partial charge in [0, 0.05) is 29.6 Å². The average Bonchev–Trinajstić information content (AvgIpc) is 3.03. The van der Waals surface area contributed by atoms with Gasteiger partial charge in [-0.3, -0.25) is 9.59 Å². The first-order valence-corrected chi connectivity index (χ1v) is 9.16. The van der Waals surface area contributed by atoms with Gasteiger partial charge in [0.2, 0.25) is 5.91 Å². The normalized spacial score (nSPS) is 17.4. The number of amides is 2. The molecule has 2 amide bonds. The summed E-state index contributed by atoms with van der Waals surface area (Å²) >= 11 is 5.88. The van der Waals surface area contributed by atoms with Gasteiger partial charge in [0.05, 0.1) is 6.61 Å². The van der Waals surface area contributed by atoms with Crippen LogP contribution in [0.2, 0.25) is 5.02 Å². The molecule has 2 atom stereocenters. The lowest BCUT2D eigenvalue weighted by atomic mass is 9.98. The Bertz CT molecular complexity index is 707.